The lowest BCUT2D eigenvalue weighted by molar-refractivity contribution is 0.486. The third-order valence-corrected chi connectivity index (χ3v) is 1.20. The molecule has 0 atom stereocenters. The fourth-order valence-electron chi connectivity index (χ4n) is 0.625. The molecule has 0 N–H and O–H groups in total. The Morgan fingerprint density at radius 2 is 1.89 bits per heavy atom. The van der Waals surface area contributed by atoms with Crippen molar-refractivity contribution in [2.45, 2.75) is 20.3 Å². The Labute approximate surface area is 52.8 Å². The van der Waals surface area contributed by atoms with E-state index in [-0.39, 0.29) is 6.42 Å². The summed E-state index contributed by atoms with van der Waals surface area (Å²) in [5.74, 6) is 0. The van der Waals surface area contributed by atoms with E-state index in [1.54, 1.807) is 0 Å². The Hall–Kier alpha value is -0.405. The lowest BCUT2D eigenvalue weighted by Crippen LogP contribution is -2.18. The van der Waals surface area contributed by atoms with Crippen LogP contribution in [0.1, 0.15) is 20.3 Å². The minimum atomic E-state index is -4.71. The van der Waals surface area contributed by atoms with Gasteiger partial charge in [-0.25, -0.2) is 0 Å². The molecule has 0 fully saturated rings. The fraction of sp³-hybridized carbons (Fsp3) is 0.600. The van der Waals surface area contributed by atoms with Crippen LogP contribution in [0.2, 0.25) is 0 Å². The summed E-state index contributed by atoms with van der Waals surface area (Å²) in [5, 5.41) is 0. The summed E-state index contributed by atoms with van der Waals surface area (Å²) < 4.78 is 35.1. The molecule has 0 aromatic carbocycles. The van der Waals surface area contributed by atoms with Crippen LogP contribution in [0, 0.1) is 0 Å². The number of hydrogen-bond acceptors (Lipinski definition) is 0. The molecule has 0 saturated heterocycles. The Morgan fingerprint density at radius 1 is 1.44 bits per heavy atom. The van der Waals surface area contributed by atoms with Gasteiger partial charge >= 0.3 is 6.98 Å². The fourth-order valence-corrected chi connectivity index (χ4v) is 0.625. The van der Waals surface area contributed by atoms with E-state index in [1.807, 2.05) is 0 Å². The normalized spacial score (nSPS) is 14.1. The van der Waals surface area contributed by atoms with E-state index in [0.717, 1.165) is 6.08 Å². The summed E-state index contributed by atoms with van der Waals surface area (Å²) in [4.78, 5) is 0. The molecule has 0 bridgehead atoms. The molecule has 0 aromatic heterocycles. The molecule has 0 unspecified atom stereocenters. The Kier molecular flexibility index (Phi) is 2.81. The summed E-state index contributed by atoms with van der Waals surface area (Å²) in [6.07, 6.45) is 1.21. The molecule has 54 valence electrons. The van der Waals surface area contributed by atoms with Crippen LogP contribution in [0.4, 0.5) is 12.9 Å². The van der Waals surface area contributed by atoms with Crippen LogP contribution in [0.15, 0.2) is 11.5 Å². The van der Waals surface area contributed by atoms with Gasteiger partial charge in [0.05, 0.1) is 0 Å². The smallest absolute Gasteiger partial charge is 0.445 e. The van der Waals surface area contributed by atoms with Crippen molar-refractivity contribution in [3.8, 4) is 0 Å². The number of rotatable bonds is 2. The van der Waals surface area contributed by atoms with Crippen LogP contribution >= 0.6 is 0 Å². The van der Waals surface area contributed by atoms with Gasteiger partial charge in [-0.1, -0.05) is 13.3 Å². The molecule has 0 saturated carbocycles. The van der Waals surface area contributed by atoms with E-state index in [0.29, 0.717) is 0 Å². The highest BCUT2D eigenvalue weighted by molar-refractivity contribution is 6.66. The van der Waals surface area contributed by atoms with E-state index in [2.05, 4.69) is 0 Å². The second-order valence-corrected chi connectivity index (χ2v) is 1.79. The minimum absolute atomic E-state index is 0.0833. The Balaban J connectivity index is 4.14. The number of allylic oxidation sites excluding steroid dienone is 2. The largest absolute Gasteiger partial charge is 0.505 e. The van der Waals surface area contributed by atoms with Gasteiger partial charge in [-0.05, 0) is 6.92 Å². The van der Waals surface area contributed by atoms with Gasteiger partial charge in [-0.2, -0.15) is 0 Å². The summed E-state index contributed by atoms with van der Waals surface area (Å²) in [6, 6.07) is 0. The molecule has 0 aliphatic rings. The Morgan fingerprint density at radius 3 is 1.89 bits per heavy atom. The first-order valence-electron chi connectivity index (χ1n) is 2.87. The first-order valence-corrected chi connectivity index (χ1v) is 2.87. The molecular formula is C5H9BF3-. The number of hydrogen-bond donors (Lipinski definition) is 0. The van der Waals surface area contributed by atoms with E-state index >= 15 is 0 Å². The first kappa shape index (κ1) is 8.59. The van der Waals surface area contributed by atoms with Gasteiger partial charge in [0.25, 0.3) is 0 Å². The molecule has 4 heteroatoms. The van der Waals surface area contributed by atoms with Crippen molar-refractivity contribution in [1.82, 2.24) is 0 Å². The molecule has 0 heterocycles. The maximum Gasteiger partial charge on any atom is 0.505 e. The van der Waals surface area contributed by atoms with Crippen LogP contribution in [0.25, 0.3) is 0 Å². The molecule has 9 heavy (non-hydrogen) atoms. The highest BCUT2D eigenvalue weighted by atomic mass is 19.4. The molecule has 0 aromatic rings. The lowest BCUT2D eigenvalue weighted by Gasteiger charge is -2.16. The SMILES string of the molecule is CC=C(CC)[B-](F)(F)F. The maximum atomic E-state index is 11.7. The summed E-state index contributed by atoms with van der Waals surface area (Å²) in [5.41, 5.74) is -0.394. The average Bonchev–Trinajstić information content (AvgIpc) is 1.65. The van der Waals surface area contributed by atoms with Gasteiger partial charge in [0, 0.05) is 0 Å². The van der Waals surface area contributed by atoms with Crippen molar-refractivity contribution in [1.29, 1.82) is 0 Å². The summed E-state index contributed by atoms with van der Waals surface area (Å²) >= 11 is 0. The third kappa shape index (κ3) is 2.58. The van der Waals surface area contributed by atoms with Crippen molar-refractivity contribution < 1.29 is 12.9 Å². The van der Waals surface area contributed by atoms with Crippen molar-refractivity contribution in [3.05, 3.63) is 11.5 Å². The predicted octanol–water partition coefficient (Wildman–Crippen LogP) is 2.73. The van der Waals surface area contributed by atoms with Crippen molar-refractivity contribution in [2.75, 3.05) is 0 Å². The highest BCUT2D eigenvalue weighted by Crippen LogP contribution is 2.21. The first-order chi connectivity index (χ1) is 4.02. The van der Waals surface area contributed by atoms with Gasteiger partial charge < -0.3 is 12.9 Å². The van der Waals surface area contributed by atoms with Gasteiger partial charge in [0.2, 0.25) is 0 Å². The van der Waals surface area contributed by atoms with E-state index in [4.69, 9.17) is 0 Å². The third-order valence-electron chi connectivity index (χ3n) is 1.20. The molecule has 0 aliphatic heterocycles. The maximum absolute atomic E-state index is 11.7. The zero-order valence-corrected chi connectivity index (χ0v) is 5.50. The molecule has 0 rings (SSSR count). The zero-order chi connectivity index (χ0) is 7.49. The standard InChI is InChI=1S/C5H9BF3/c1-3-5(4-2)6(7,8)9/h3H,4H2,1-2H3/q-1. The van der Waals surface area contributed by atoms with Crippen molar-refractivity contribution >= 4 is 6.98 Å². The lowest BCUT2D eigenvalue weighted by atomic mass is 9.77. The highest BCUT2D eigenvalue weighted by Gasteiger charge is 2.25. The van der Waals surface area contributed by atoms with Gasteiger partial charge in [0.15, 0.2) is 0 Å². The van der Waals surface area contributed by atoms with Crippen LogP contribution in [-0.4, -0.2) is 6.98 Å². The molecule has 0 nitrogen and oxygen atoms in total. The van der Waals surface area contributed by atoms with E-state index in [1.165, 1.54) is 13.8 Å². The second-order valence-electron chi connectivity index (χ2n) is 1.79. The Bertz CT molecular complexity index is 114. The monoisotopic (exact) mass is 137 g/mol. The quantitative estimate of drug-likeness (QED) is 0.513. The molecule has 0 radical (unpaired) electrons. The summed E-state index contributed by atoms with van der Waals surface area (Å²) in [7, 11) is 0. The van der Waals surface area contributed by atoms with Gasteiger partial charge in [-0.15, -0.1) is 11.5 Å². The van der Waals surface area contributed by atoms with Crippen LogP contribution < -0.4 is 0 Å². The molecule has 0 spiro atoms. The minimum Gasteiger partial charge on any atom is -0.445 e. The molecular weight excluding hydrogens is 128 g/mol. The summed E-state index contributed by atoms with van der Waals surface area (Å²) in [6.45, 7) is -1.79. The van der Waals surface area contributed by atoms with Crippen molar-refractivity contribution in [2.24, 2.45) is 0 Å². The van der Waals surface area contributed by atoms with Crippen LogP contribution in [0.5, 0.6) is 0 Å². The predicted molar refractivity (Wildman–Crippen MR) is 33.1 cm³/mol. The van der Waals surface area contributed by atoms with Crippen molar-refractivity contribution in [3.63, 3.8) is 0 Å². The van der Waals surface area contributed by atoms with Gasteiger partial charge in [0.1, 0.15) is 0 Å². The number of halogens is 3. The van der Waals surface area contributed by atoms with Crippen LogP contribution in [0.3, 0.4) is 0 Å². The van der Waals surface area contributed by atoms with Gasteiger partial charge in [-0.3, -0.25) is 0 Å². The van der Waals surface area contributed by atoms with E-state index in [9.17, 15) is 12.9 Å². The van der Waals surface area contributed by atoms with E-state index < -0.39 is 12.4 Å². The molecule has 0 aliphatic carbocycles. The average molecular weight is 137 g/mol. The topological polar surface area (TPSA) is 0 Å². The molecule has 0 amide bonds. The zero-order valence-electron chi connectivity index (χ0n) is 5.50. The second kappa shape index (κ2) is 2.94. The van der Waals surface area contributed by atoms with Crippen LogP contribution in [-0.2, 0) is 0 Å².